The predicted octanol–water partition coefficient (Wildman–Crippen LogP) is 2.32. The van der Waals surface area contributed by atoms with Crippen LogP contribution in [-0.4, -0.2) is 22.9 Å². The Bertz CT molecular complexity index is 616. The Labute approximate surface area is 125 Å². The summed E-state index contributed by atoms with van der Waals surface area (Å²) in [5, 5.41) is 3.35. The Kier molecular flexibility index (Phi) is 5.63. The van der Waals surface area contributed by atoms with Gasteiger partial charge in [0.25, 0.3) is 5.56 Å². The molecule has 0 spiro atoms. The van der Waals surface area contributed by atoms with E-state index in [0.717, 1.165) is 25.2 Å². The zero-order valence-corrected chi connectivity index (χ0v) is 12.7. The molecule has 0 radical (unpaired) electrons. The second-order valence-corrected chi connectivity index (χ2v) is 5.05. The van der Waals surface area contributed by atoms with Crippen molar-refractivity contribution in [3.8, 4) is 0 Å². The molecule has 21 heavy (non-hydrogen) atoms. The van der Waals surface area contributed by atoms with Crippen LogP contribution in [0.15, 0.2) is 41.6 Å². The first-order chi connectivity index (χ1) is 10.2. The van der Waals surface area contributed by atoms with Crippen molar-refractivity contribution in [2.24, 2.45) is 0 Å². The molecule has 0 aliphatic rings. The highest BCUT2D eigenvalue weighted by molar-refractivity contribution is 5.41. The summed E-state index contributed by atoms with van der Waals surface area (Å²) < 4.78 is 8.86. The molecule has 5 heteroatoms. The van der Waals surface area contributed by atoms with Crippen LogP contribution < -0.4 is 10.9 Å². The lowest BCUT2D eigenvalue weighted by molar-refractivity contribution is 0.186. The Morgan fingerprint density at radius 1 is 1.19 bits per heavy atom. The summed E-state index contributed by atoms with van der Waals surface area (Å²) in [5.74, 6) is 0. The van der Waals surface area contributed by atoms with Crippen LogP contribution in [-0.2, 0) is 24.4 Å². The third kappa shape index (κ3) is 4.49. The Morgan fingerprint density at radius 3 is 2.81 bits per heavy atom. The van der Waals surface area contributed by atoms with Crippen LogP contribution in [0.2, 0.25) is 0 Å². The van der Waals surface area contributed by atoms with Gasteiger partial charge in [0.1, 0.15) is 0 Å². The molecule has 0 aromatic carbocycles. The first-order valence-electron chi connectivity index (χ1n) is 7.31. The van der Waals surface area contributed by atoms with Crippen LogP contribution in [0.5, 0.6) is 0 Å². The SMILES string of the molecule is CCCn1ccc(CNc2ccc(=O)n(CCOC)c2)c1. The monoisotopic (exact) mass is 289 g/mol. The summed E-state index contributed by atoms with van der Waals surface area (Å²) in [6.45, 7) is 5.06. The first-order valence-corrected chi connectivity index (χ1v) is 7.31. The van der Waals surface area contributed by atoms with Gasteiger partial charge in [-0.1, -0.05) is 6.92 Å². The maximum Gasteiger partial charge on any atom is 0.250 e. The number of methoxy groups -OCH3 is 1. The van der Waals surface area contributed by atoms with Crippen LogP contribution in [0.3, 0.4) is 0 Å². The lowest BCUT2D eigenvalue weighted by atomic mass is 10.3. The zero-order valence-electron chi connectivity index (χ0n) is 12.7. The van der Waals surface area contributed by atoms with Crippen molar-refractivity contribution >= 4 is 5.69 Å². The summed E-state index contributed by atoms with van der Waals surface area (Å²) in [4.78, 5) is 11.7. The van der Waals surface area contributed by atoms with Gasteiger partial charge in [0.15, 0.2) is 0 Å². The Hall–Kier alpha value is -2.01. The van der Waals surface area contributed by atoms with Crippen molar-refractivity contribution in [3.63, 3.8) is 0 Å². The van der Waals surface area contributed by atoms with Crippen LogP contribution in [0, 0.1) is 0 Å². The molecule has 2 aromatic rings. The highest BCUT2D eigenvalue weighted by Crippen LogP contribution is 2.08. The van der Waals surface area contributed by atoms with Crippen LogP contribution in [0.25, 0.3) is 0 Å². The summed E-state index contributed by atoms with van der Waals surface area (Å²) in [6, 6.07) is 5.51. The number of nitrogens with zero attached hydrogens (tertiary/aromatic N) is 2. The Balaban J connectivity index is 1.97. The van der Waals surface area contributed by atoms with Crippen LogP contribution in [0.1, 0.15) is 18.9 Å². The minimum absolute atomic E-state index is 0.00769. The quantitative estimate of drug-likeness (QED) is 0.811. The fourth-order valence-electron chi connectivity index (χ4n) is 2.20. The first kappa shape index (κ1) is 15.4. The molecule has 2 aromatic heterocycles. The van der Waals surface area contributed by atoms with Gasteiger partial charge in [-0.3, -0.25) is 4.79 Å². The molecule has 2 heterocycles. The lowest BCUT2D eigenvalue weighted by Gasteiger charge is -2.09. The fraction of sp³-hybridized carbons (Fsp3) is 0.438. The molecule has 0 fully saturated rings. The van der Waals surface area contributed by atoms with Crippen LogP contribution in [0.4, 0.5) is 5.69 Å². The molecule has 0 aliphatic heterocycles. The molecule has 0 bridgehead atoms. The molecule has 0 atom stereocenters. The highest BCUT2D eigenvalue weighted by atomic mass is 16.5. The summed E-state index contributed by atoms with van der Waals surface area (Å²) in [5.41, 5.74) is 2.17. The molecule has 0 saturated carbocycles. The van der Waals surface area contributed by atoms with E-state index in [1.807, 2.05) is 12.3 Å². The molecular formula is C16H23N3O2. The van der Waals surface area contributed by atoms with E-state index < -0.39 is 0 Å². The summed E-state index contributed by atoms with van der Waals surface area (Å²) >= 11 is 0. The number of hydrogen-bond donors (Lipinski definition) is 1. The number of anilines is 1. The molecule has 0 saturated heterocycles. The van der Waals surface area contributed by atoms with Gasteiger partial charge in [0, 0.05) is 51.4 Å². The minimum atomic E-state index is -0.00769. The van der Waals surface area contributed by atoms with Gasteiger partial charge in [-0.15, -0.1) is 0 Å². The van der Waals surface area contributed by atoms with Crippen molar-refractivity contribution in [1.82, 2.24) is 9.13 Å². The zero-order chi connectivity index (χ0) is 15.1. The van der Waals surface area contributed by atoms with Gasteiger partial charge in [-0.05, 0) is 24.1 Å². The largest absolute Gasteiger partial charge is 0.383 e. The number of nitrogens with one attached hydrogen (secondary N) is 1. The van der Waals surface area contributed by atoms with E-state index in [2.05, 4.69) is 35.3 Å². The number of rotatable bonds is 8. The second-order valence-electron chi connectivity index (χ2n) is 5.05. The van der Waals surface area contributed by atoms with Crippen molar-refractivity contribution in [2.45, 2.75) is 33.0 Å². The standard InChI is InChI=1S/C16H23N3O2/c1-3-7-18-8-6-14(12-18)11-17-15-4-5-16(20)19(13-15)9-10-21-2/h4-6,8,12-13,17H,3,7,9-11H2,1-2H3. The lowest BCUT2D eigenvalue weighted by Crippen LogP contribution is -2.21. The molecule has 114 valence electrons. The number of hydrogen-bond acceptors (Lipinski definition) is 3. The topological polar surface area (TPSA) is 48.2 Å². The molecule has 0 unspecified atom stereocenters. The van der Waals surface area contributed by atoms with Gasteiger partial charge in [-0.25, -0.2) is 0 Å². The third-order valence-corrected chi connectivity index (χ3v) is 3.31. The second kappa shape index (κ2) is 7.69. The van der Waals surface area contributed by atoms with Crippen molar-refractivity contribution in [2.75, 3.05) is 19.0 Å². The third-order valence-electron chi connectivity index (χ3n) is 3.31. The maximum atomic E-state index is 11.7. The van der Waals surface area contributed by atoms with Crippen molar-refractivity contribution in [1.29, 1.82) is 0 Å². The summed E-state index contributed by atoms with van der Waals surface area (Å²) in [6.07, 6.45) is 7.22. The highest BCUT2D eigenvalue weighted by Gasteiger charge is 2.00. The molecule has 2 rings (SSSR count). The maximum absolute atomic E-state index is 11.7. The van der Waals surface area contributed by atoms with E-state index in [1.54, 1.807) is 17.7 Å². The van der Waals surface area contributed by atoms with E-state index in [4.69, 9.17) is 4.74 Å². The molecule has 5 nitrogen and oxygen atoms in total. The van der Waals surface area contributed by atoms with Gasteiger partial charge < -0.3 is 19.2 Å². The number of aromatic nitrogens is 2. The molecule has 1 N–H and O–H groups in total. The fourth-order valence-corrected chi connectivity index (χ4v) is 2.20. The van der Waals surface area contributed by atoms with Gasteiger partial charge in [0.2, 0.25) is 0 Å². The Morgan fingerprint density at radius 2 is 2.05 bits per heavy atom. The average molecular weight is 289 g/mol. The number of aryl methyl sites for hydroxylation is 1. The summed E-state index contributed by atoms with van der Waals surface area (Å²) in [7, 11) is 1.63. The van der Waals surface area contributed by atoms with Crippen molar-refractivity contribution in [3.05, 3.63) is 52.7 Å². The van der Waals surface area contributed by atoms with E-state index in [1.165, 1.54) is 5.56 Å². The van der Waals surface area contributed by atoms with E-state index in [9.17, 15) is 4.79 Å². The predicted molar refractivity (Wildman–Crippen MR) is 84.6 cm³/mol. The van der Waals surface area contributed by atoms with E-state index >= 15 is 0 Å². The molecule has 0 amide bonds. The van der Waals surface area contributed by atoms with Gasteiger partial charge in [-0.2, -0.15) is 0 Å². The van der Waals surface area contributed by atoms with E-state index in [-0.39, 0.29) is 5.56 Å². The molecular weight excluding hydrogens is 266 g/mol. The van der Waals surface area contributed by atoms with Crippen molar-refractivity contribution < 1.29 is 4.74 Å². The average Bonchev–Trinajstić information content (AvgIpc) is 2.93. The minimum Gasteiger partial charge on any atom is -0.383 e. The number of ether oxygens (including phenoxy) is 1. The normalized spacial score (nSPS) is 10.8. The molecule has 0 aliphatic carbocycles. The smallest absolute Gasteiger partial charge is 0.250 e. The van der Waals surface area contributed by atoms with Gasteiger partial charge in [0.05, 0.1) is 12.3 Å². The van der Waals surface area contributed by atoms with Crippen LogP contribution >= 0.6 is 0 Å². The van der Waals surface area contributed by atoms with E-state index in [0.29, 0.717) is 13.2 Å². The number of pyridine rings is 1. The van der Waals surface area contributed by atoms with Gasteiger partial charge >= 0.3 is 0 Å².